The Balaban J connectivity index is 0.000000206. The summed E-state index contributed by atoms with van der Waals surface area (Å²) in [4.78, 5) is 11.4. The molecule has 4 aliphatic rings. The molecule has 0 unspecified atom stereocenters. The zero-order valence-corrected chi connectivity index (χ0v) is 34.1. The van der Waals surface area contributed by atoms with Crippen LogP contribution in [0.4, 0.5) is 43.9 Å². The number of sulfone groups is 2. The van der Waals surface area contributed by atoms with E-state index in [0.717, 1.165) is 48.5 Å². The number of Topliss-reactive ketones (excluding diaryl/α,β-unsaturated/α-hetero) is 1. The fraction of sp³-hybridized carbons (Fsp3) is 0.419. The number of ether oxygens (including phenoxy) is 2. The number of rotatable bonds is 4. The SMILES string of the molecule is C.C[C@@H]1C(=O)CC[C@@]2(S(=O)(=O)c3ccc(C(F)(F)F)cc3)c3c(F)ccc(F)c3OC[C@@H]12.C[C@@H]1[C@H](O)CC[C@@]2(S(=O)(=O)c3ccc(C(F)(F)F)cc3)c3c(F)ccc(F)c3OC[C@@H]12. The van der Waals surface area contributed by atoms with E-state index in [-0.39, 0.29) is 52.1 Å². The van der Waals surface area contributed by atoms with Crippen LogP contribution >= 0.6 is 0 Å². The third-order valence-corrected chi connectivity index (χ3v) is 18.0. The van der Waals surface area contributed by atoms with E-state index >= 15 is 8.78 Å². The van der Waals surface area contributed by atoms with Crippen LogP contribution in [0.5, 0.6) is 11.5 Å². The Morgan fingerprint density at radius 3 is 1.40 bits per heavy atom. The van der Waals surface area contributed by atoms with Gasteiger partial charge < -0.3 is 14.6 Å². The molecule has 63 heavy (non-hydrogen) atoms. The maximum absolute atomic E-state index is 15.0. The molecule has 2 heterocycles. The third-order valence-electron chi connectivity index (χ3n) is 12.8. The molecule has 4 aromatic rings. The molecule has 20 heteroatoms. The van der Waals surface area contributed by atoms with Crippen molar-refractivity contribution in [2.24, 2.45) is 23.7 Å². The van der Waals surface area contributed by atoms with Crippen molar-refractivity contribution in [3.05, 3.63) is 118 Å². The zero-order valence-electron chi connectivity index (χ0n) is 32.5. The number of fused-ring (bicyclic) bond motifs is 6. The topological polar surface area (TPSA) is 124 Å². The molecular formula is C43H40F10O8S2. The Morgan fingerprint density at radius 1 is 0.603 bits per heavy atom. The van der Waals surface area contributed by atoms with Crippen LogP contribution in [0.3, 0.4) is 0 Å². The van der Waals surface area contributed by atoms with E-state index in [0.29, 0.717) is 24.3 Å². The van der Waals surface area contributed by atoms with Gasteiger partial charge in [-0.05, 0) is 98.0 Å². The number of ketones is 1. The fourth-order valence-corrected chi connectivity index (χ4v) is 14.4. The van der Waals surface area contributed by atoms with Crippen LogP contribution in [0.15, 0.2) is 82.6 Å². The minimum absolute atomic E-state index is 0. The second kappa shape index (κ2) is 16.4. The molecule has 7 atom stereocenters. The lowest BCUT2D eigenvalue weighted by Crippen LogP contribution is -2.56. The van der Waals surface area contributed by atoms with E-state index in [1.165, 1.54) is 6.92 Å². The van der Waals surface area contributed by atoms with E-state index in [1.807, 2.05) is 0 Å². The number of carbonyl (C=O) groups is 1. The van der Waals surface area contributed by atoms with Crippen LogP contribution in [-0.4, -0.2) is 47.0 Å². The summed E-state index contributed by atoms with van der Waals surface area (Å²) >= 11 is 0. The van der Waals surface area contributed by atoms with Crippen molar-refractivity contribution in [1.82, 2.24) is 0 Å². The summed E-state index contributed by atoms with van der Waals surface area (Å²) in [5.41, 5.74) is -3.06. The molecule has 0 radical (unpaired) electrons. The highest BCUT2D eigenvalue weighted by molar-refractivity contribution is 7.92. The van der Waals surface area contributed by atoms with Crippen molar-refractivity contribution in [2.75, 3.05) is 13.2 Å². The van der Waals surface area contributed by atoms with Crippen molar-refractivity contribution in [3.8, 4) is 11.5 Å². The Kier molecular flexibility index (Phi) is 12.4. The summed E-state index contributed by atoms with van der Waals surface area (Å²) < 4.78 is 199. The molecule has 4 aromatic carbocycles. The van der Waals surface area contributed by atoms with Gasteiger partial charge in [0.15, 0.2) is 42.8 Å². The number of carbonyl (C=O) groups excluding carboxylic acids is 1. The molecule has 342 valence electrons. The van der Waals surface area contributed by atoms with Crippen LogP contribution in [0.1, 0.15) is 69.2 Å². The number of benzene rings is 4. The normalized spacial score (nSPS) is 26.8. The molecule has 8 nitrogen and oxygen atoms in total. The molecule has 2 fully saturated rings. The van der Waals surface area contributed by atoms with Gasteiger partial charge in [-0.1, -0.05) is 21.3 Å². The van der Waals surface area contributed by atoms with E-state index < -0.39 is 138 Å². The summed E-state index contributed by atoms with van der Waals surface area (Å²) in [7, 11) is -9.08. The van der Waals surface area contributed by atoms with E-state index in [4.69, 9.17) is 9.47 Å². The fourth-order valence-electron chi connectivity index (χ4n) is 9.53. The van der Waals surface area contributed by atoms with Gasteiger partial charge in [0, 0.05) is 24.2 Å². The summed E-state index contributed by atoms with van der Waals surface area (Å²) in [6, 6.07) is 9.01. The quantitative estimate of drug-likeness (QED) is 0.201. The van der Waals surface area contributed by atoms with Crippen LogP contribution in [-0.2, 0) is 46.3 Å². The van der Waals surface area contributed by atoms with Gasteiger partial charge in [0.05, 0.1) is 51.4 Å². The van der Waals surface area contributed by atoms with Crippen molar-refractivity contribution < 1.29 is 80.1 Å². The molecule has 8 rings (SSSR count). The van der Waals surface area contributed by atoms with Gasteiger partial charge in [-0.15, -0.1) is 0 Å². The van der Waals surface area contributed by atoms with E-state index in [1.54, 1.807) is 6.92 Å². The van der Waals surface area contributed by atoms with Gasteiger partial charge in [-0.25, -0.2) is 34.4 Å². The van der Waals surface area contributed by atoms with Gasteiger partial charge in [0.2, 0.25) is 0 Å². The Bertz CT molecular complexity index is 2640. The molecule has 0 amide bonds. The average molecular weight is 939 g/mol. The summed E-state index contributed by atoms with van der Waals surface area (Å²) in [6.07, 6.45) is -11.0. The van der Waals surface area contributed by atoms with Crippen LogP contribution < -0.4 is 9.47 Å². The van der Waals surface area contributed by atoms with Gasteiger partial charge in [0.1, 0.15) is 26.9 Å². The molecular weight excluding hydrogens is 899 g/mol. The number of aliphatic hydroxyl groups is 1. The Hall–Kier alpha value is -4.69. The lowest BCUT2D eigenvalue weighted by Gasteiger charge is -2.51. The van der Waals surface area contributed by atoms with Crippen molar-refractivity contribution in [3.63, 3.8) is 0 Å². The average Bonchev–Trinajstić information content (AvgIpc) is 3.22. The highest BCUT2D eigenvalue weighted by Gasteiger charge is 2.63. The number of hydrogen-bond donors (Lipinski definition) is 1. The van der Waals surface area contributed by atoms with Crippen molar-refractivity contribution >= 4 is 25.5 Å². The summed E-state index contributed by atoms with van der Waals surface area (Å²) in [5.74, 6) is -8.66. The van der Waals surface area contributed by atoms with Crippen LogP contribution in [0.2, 0.25) is 0 Å². The molecule has 2 aliphatic carbocycles. The molecule has 1 N–H and O–H groups in total. The maximum Gasteiger partial charge on any atom is 0.416 e. The largest absolute Gasteiger partial charge is 0.490 e. The zero-order chi connectivity index (χ0) is 45.5. The summed E-state index contributed by atoms with van der Waals surface area (Å²) in [5, 5.41) is 10.3. The van der Waals surface area contributed by atoms with Crippen LogP contribution in [0, 0.1) is 46.9 Å². The number of alkyl halides is 6. The molecule has 2 saturated carbocycles. The lowest BCUT2D eigenvalue weighted by atomic mass is 9.67. The first-order valence-electron chi connectivity index (χ1n) is 19.1. The molecule has 0 bridgehead atoms. The van der Waals surface area contributed by atoms with Crippen LogP contribution in [0.25, 0.3) is 0 Å². The smallest absolute Gasteiger partial charge is 0.416 e. The van der Waals surface area contributed by atoms with E-state index in [2.05, 4.69) is 0 Å². The molecule has 0 saturated heterocycles. The second-order valence-corrected chi connectivity index (χ2v) is 20.3. The third kappa shape index (κ3) is 7.46. The number of aliphatic hydroxyl groups excluding tert-OH is 1. The molecule has 0 aromatic heterocycles. The Labute approximate surface area is 356 Å². The molecule has 0 spiro atoms. The van der Waals surface area contributed by atoms with Crippen molar-refractivity contribution in [1.29, 1.82) is 0 Å². The van der Waals surface area contributed by atoms with Gasteiger partial charge >= 0.3 is 12.4 Å². The second-order valence-electron chi connectivity index (χ2n) is 15.9. The highest BCUT2D eigenvalue weighted by Crippen LogP contribution is 2.59. The first-order valence-corrected chi connectivity index (χ1v) is 22.1. The minimum Gasteiger partial charge on any atom is -0.490 e. The first kappa shape index (κ1) is 47.8. The highest BCUT2D eigenvalue weighted by atomic mass is 32.2. The van der Waals surface area contributed by atoms with Gasteiger partial charge in [-0.2, -0.15) is 26.3 Å². The van der Waals surface area contributed by atoms with Crippen molar-refractivity contribution in [2.45, 2.75) is 84.7 Å². The van der Waals surface area contributed by atoms with Gasteiger partial charge in [-0.3, -0.25) is 4.79 Å². The maximum atomic E-state index is 15.0. The number of halogens is 10. The van der Waals surface area contributed by atoms with Gasteiger partial charge in [0.25, 0.3) is 0 Å². The minimum atomic E-state index is -4.67. The molecule has 2 aliphatic heterocycles. The lowest BCUT2D eigenvalue weighted by molar-refractivity contribution is -0.138. The Morgan fingerprint density at radius 2 is 0.984 bits per heavy atom. The van der Waals surface area contributed by atoms with E-state index in [9.17, 15) is 61.9 Å². The first-order chi connectivity index (χ1) is 28.8. The number of hydrogen-bond acceptors (Lipinski definition) is 8. The summed E-state index contributed by atoms with van der Waals surface area (Å²) in [6.45, 7) is 2.46. The predicted molar refractivity (Wildman–Crippen MR) is 206 cm³/mol. The predicted octanol–water partition coefficient (Wildman–Crippen LogP) is 9.75. The standard InChI is InChI=1S/C21H19F5O4S.C21H17F5O4S.CH4/c2*1-11-14-10-30-19-16(23)7-6-15(22)18(19)20(14,9-8-17(11)27)31(28,29)13-4-2-12(3-5-13)21(24,25)26;/h2-7,11,14,17,27H,8-10H2,1H3;2-7,11,14H,8-10H2,1H3;1H4/t11-,14-,17+,20-;11-,14-,20-;/m00./s1. The monoisotopic (exact) mass is 938 g/mol.